The molecular weight excluding hydrogens is 295 g/mol. The zero-order valence-electron chi connectivity index (χ0n) is 10.8. The van der Waals surface area contributed by atoms with Crippen LogP contribution in [0.3, 0.4) is 0 Å². The Kier molecular flexibility index (Phi) is 3.59. The molecule has 0 bridgehead atoms. The zero-order chi connectivity index (χ0) is 14.1. The molecule has 0 saturated carbocycles. The predicted molar refractivity (Wildman–Crippen MR) is 83.1 cm³/mol. The fraction of sp³-hybridized carbons (Fsp3) is 0.133. The van der Waals surface area contributed by atoms with Gasteiger partial charge in [0, 0.05) is 6.54 Å². The SMILES string of the molecule is Cc1ccc(CNc2c(Cl)ccc3scnc23)cc1F. The van der Waals surface area contributed by atoms with Gasteiger partial charge in [0.2, 0.25) is 0 Å². The number of hydrogen-bond acceptors (Lipinski definition) is 3. The molecule has 0 saturated heterocycles. The number of nitrogens with one attached hydrogen (secondary N) is 1. The van der Waals surface area contributed by atoms with Crippen molar-refractivity contribution in [2.75, 3.05) is 5.32 Å². The zero-order valence-corrected chi connectivity index (χ0v) is 12.4. The van der Waals surface area contributed by atoms with E-state index >= 15 is 0 Å². The summed E-state index contributed by atoms with van der Waals surface area (Å²) in [6, 6.07) is 9.02. The Bertz CT molecular complexity index is 770. The molecule has 0 spiro atoms. The number of hydrogen-bond donors (Lipinski definition) is 1. The van der Waals surface area contributed by atoms with Crippen LogP contribution in [-0.2, 0) is 6.54 Å². The van der Waals surface area contributed by atoms with Gasteiger partial charge in [0.25, 0.3) is 0 Å². The van der Waals surface area contributed by atoms with Crippen molar-refractivity contribution in [2.45, 2.75) is 13.5 Å². The monoisotopic (exact) mass is 306 g/mol. The third-order valence-electron chi connectivity index (χ3n) is 3.16. The van der Waals surface area contributed by atoms with Gasteiger partial charge in [-0.15, -0.1) is 11.3 Å². The summed E-state index contributed by atoms with van der Waals surface area (Å²) < 4.78 is 14.6. The van der Waals surface area contributed by atoms with Crippen LogP contribution >= 0.6 is 22.9 Å². The third kappa shape index (κ3) is 2.49. The number of anilines is 1. The molecule has 0 fully saturated rings. The molecule has 20 heavy (non-hydrogen) atoms. The van der Waals surface area contributed by atoms with Gasteiger partial charge in [0.05, 0.1) is 20.9 Å². The minimum atomic E-state index is -0.192. The maximum atomic E-state index is 13.5. The lowest BCUT2D eigenvalue weighted by Crippen LogP contribution is -2.01. The molecule has 102 valence electrons. The highest BCUT2D eigenvalue weighted by Gasteiger charge is 2.08. The molecule has 0 unspecified atom stereocenters. The highest BCUT2D eigenvalue weighted by atomic mass is 35.5. The van der Waals surface area contributed by atoms with E-state index in [2.05, 4.69) is 10.3 Å². The summed E-state index contributed by atoms with van der Waals surface area (Å²) >= 11 is 7.78. The molecule has 0 radical (unpaired) electrons. The van der Waals surface area contributed by atoms with Crippen molar-refractivity contribution in [3.63, 3.8) is 0 Å². The van der Waals surface area contributed by atoms with Gasteiger partial charge in [-0.2, -0.15) is 0 Å². The average molecular weight is 307 g/mol. The first-order valence-electron chi connectivity index (χ1n) is 6.16. The molecule has 1 aromatic heterocycles. The highest BCUT2D eigenvalue weighted by Crippen LogP contribution is 2.32. The van der Waals surface area contributed by atoms with Crippen LogP contribution in [0.15, 0.2) is 35.8 Å². The fourth-order valence-electron chi connectivity index (χ4n) is 2.01. The summed E-state index contributed by atoms with van der Waals surface area (Å²) in [5.74, 6) is -0.192. The molecule has 5 heteroatoms. The largest absolute Gasteiger partial charge is 0.378 e. The lowest BCUT2D eigenvalue weighted by atomic mass is 10.1. The van der Waals surface area contributed by atoms with Gasteiger partial charge in [0.15, 0.2) is 0 Å². The van der Waals surface area contributed by atoms with Gasteiger partial charge < -0.3 is 5.32 Å². The Balaban J connectivity index is 1.88. The van der Waals surface area contributed by atoms with E-state index < -0.39 is 0 Å². The van der Waals surface area contributed by atoms with Crippen LogP contribution in [0.25, 0.3) is 10.2 Å². The quantitative estimate of drug-likeness (QED) is 0.736. The third-order valence-corrected chi connectivity index (χ3v) is 4.27. The van der Waals surface area contributed by atoms with Crippen molar-refractivity contribution in [3.05, 3.63) is 57.8 Å². The average Bonchev–Trinajstić information content (AvgIpc) is 2.90. The van der Waals surface area contributed by atoms with Gasteiger partial charge in [-0.25, -0.2) is 9.37 Å². The summed E-state index contributed by atoms with van der Waals surface area (Å²) in [5.41, 5.74) is 4.96. The van der Waals surface area contributed by atoms with E-state index in [1.807, 2.05) is 18.2 Å². The van der Waals surface area contributed by atoms with E-state index in [1.54, 1.807) is 29.8 Å². The first kappa shape index (κ1) is 13.3. The molecular formula is C15H12ClFN2S. The number of aryl methyl sites for hydroxylation is 1. The molecule has 3 aromatic rings. The second-order valence-corrected chi connectivity index (χ2v) is 5.85. The maximum absolute atomic E-state index is 13.5. The van der Waals surface area contributed by atoms with Gasteiger partial charge in [-0.1, -0.05) is 23.7 Å². The van der Waals surface area contributed by atoms with Crippen molar-refractivity contribution >= 4 is 38.8 Å². The molecule has 2 aromatic carbocycles. The summed E-state index contributed by atoms with van der Waals surface area (Å²) in [7, 11) is 0. The van der Waals surface area contributed by atoms with Crippen LogP contribution in [0.1, 0.15) is 11.1 Å². The molecule has 0 aliphatic heterocycles. The van der Waals surface area contributed by atoms with Crippen molar-refractivity contribution in [3.8, 4) is 0 Å². The van der Waals surface area contributed by atoms with Crippen molar-refractivity contribution in [2.24, 2.45) is 0 Å². The van der Waals surface area contributed by atoms with Gasteiger partial charge in [0.1, 0.15) is 11.3 Å². The topological polar surface area (TPSA) is 24.9 Å². The van der Waals surface area contributed by atoms with E-state index in [-0.39, 0.29) is 5.82 Å². The van der Waals surface area contributed by atoms with Crippen LogP contribution in [0, 0.1) is 12.7 Å². The number of aromatic nitrogens is 1. The number of rotatable bonds is 3. The Morgan fingerprint density at radius 3 is 2.95 bits per heavy atom. The van der Waals surface area contributed by atoms with Gasteiger partial charge in [-0.05, 0) is 36.2 Å². The van der Waals surface area contributed by atoms with Gasteiger partial charge >= 0.3 is 0 Å². The second-order valence-electron chi connectivity index (χ2n) is 4.56. The summed E-state index contributed by atoms with van der Waals surface area (Å²) in [6.45, 7) is 2.26. The molecule has 2 nitrogen and oxygen atoms in total. The summed E-state index contributed by atoms with van der Waals surface area (Å²) in [5, 5.41) is 3.87. The first-order valence-corrected chi connectivity index (χ1v) is 7.41. The Morgan fingerprint density at radius 2 is 2.15 bits per heavy atom. The first-order chi connectivity index (χ1) is 9.65. The van der Waals surface area contributed by atoms with Crippen molar-refractivity contribution < 1.29 is 4.39 Å². The van der Waals surface area contributed by atoms with E-state index in [1.165, 1.54) is 6.07 Å². The maximum Gasteiger partial charge on any atom is 0.126 e. The van der Waals surface area contributed by atoms with Crippen LogP contribution < -0.4 is 5.32 Å². The molecule has 1 heterocycles. The minimum absolute atomic E-state index is 0.192. The van der Waals surface area contributed by atoms with E-state index in [0.29, 0.717) is 17.1 Å². The van der Waals surface area contributed by atoms with Crippen LogP contribution in [-0.4, -0.2) is 4.98 Å². The smallest absolute Gasteiger partial charge is 0.126 e. The molecule has 0 aliphatic rings. The van der Waals surface area contributed by atoms with Crippen molar-refractivity contribution in [1.82, 2.24) is 4.98 Å². The predicted octanol–water partition coefficient (Wildman–Crippen LogP) is 5.01. The minimum Gasteiger partial charge on any atom is -0.378 e. The summed E-state index contributed by atoms with van der Waals surface area (Å²) in [4.78, 5) is 4.32. The van der Waals surface area contributed by atoms with E-state index in [0.717, 1.165) is 21.5 Å². The molecule has 1 N–H and O–H groups in total. The van der Waals surface area contributed by atoms with Crippen LogP contribution in [0.2, 0.25) is 5.02 Å². The number of halogens is 2. The van der Waals surface area contributed by atoms with Crippen LogP contribution in [0.4, 0.5) is 10.1 Å². The number of nitrogens with zero attached hydrogens (tertiary/aromatic N) is 1. The number of thiazole rings is 1. The molecule has 0 amide bonds. The fourth-order valence-corrected chi connectivity index (χ4v) is 2.92. The Labute approximate surface area is 125 Å². The highest BCUT2D eigenvalue weighted by molar-refractivity contribution is 7.16. The Morgan fingerprint density at radius 1 is 1.30 bits per heavy atom. The molecule has 3 rings (SSSR count). The van der Waals surface area contributed by atoms with E-state index in [9.17, 15) is 4.39 Å². The molecule has 0 aliphatic carbocycles. The lowest BCUT2D eigenvalue weighted by molar-refractivity contribution is 0.616. The van der Waals surface area contributed by atoms with Crippen molar-refractivity contribution in [1.29, 1.82) is 0 Å². The summed E-state index contributed by atoms with van der Waals surface area (Å²) in [6.07, 6.45) is 0. The van der Waals surface area contributed by atoms with Crippen LogP contribution in [0.5, 0.6) is 0 Å². The van der Waals surface area contributed by atoms with E-state index in [4.69, 9.17) is 11.6 Å². The second kappa shape index (κ2) is 5.38. The lowest BCUT2D eigenvalue weighted by Gasteiger charge is -2.10. The molecule has 0 atom stereocenters. The Hall–Kier alpha value is -1.65. The number of benzene rings is 2. The standard InChI is InChI=1S/C15H12ClFN2S/c1-9-2-3-10(6-12(9)17)7-18-14-11(16)4-5-13-15(14)19-8-20-13/h2-6,8,18H,7H2,1H3. The number of fused-ring (bicyclic) bond motifs is 1. The van der Waals surface area contributed by atoms with Gasteiger partial charge in [-0.3, -0.25) is 0 Å². The normalized spacial score (nSPS) is 10.9.